The van der Waals surface area contributed by atoms with Gasteiger partial charge < -0.3 is 10.1 Å². The number of hydrogen-bond donors (Lipinski definition) is 1. The van der Waals surface area contributed by atoms with E-state index in [1.165, 1.54) is 13.2 Å². The second kappa shape index (κ2) is 6.88. The summed E-state index contributed by atoms with van der Waals surface area (Å²) in [6.45, 7) is 2.15. The lowest BCUT2D eigenvalue weighted by atomic mass is 10.1. The van der Waals surface area contributed by atoms with Crippen molar-refractivity contribution in [3.8, 4) is 0 Å². The lowest BCUT2D eigenvalue weighted by Crippen LogP contribution is -2.10. The Labute approximate surface area is 145 Å². The van der Waals surface area contributed by atoms with Gasteiger partial charge in [0.05, 0.1) is 35.5 Å². The van der Waals surface area contributed by atoms with Gasteiger partial charge in [-0.15, -0.1) is 0 Å². The summed E-state index contributed by atoms with van der Waals surface area (Å²) in [5.41, 5.74) is 3.29. The monoisotopic (exact) mass is 341 g/mol. The summed E-state index contributed by atoms with van der Waals surface area (Å²) in [5.74, 6) is -0.0918. The van der Waals surface area contributed by atoms with Crippen molar-refractivity contribution in [2.45, 2.75) is 32.2 Å². The van der Waals surface area contributed by atoms with Crippen LogP contribution in [0.3, 0.4) is 0 Å². The number of carbonyl (C=O) groups is 1. The first-order chi connectivity index (χ1) is 12.0. The van der Waals surface area contributed by atoms with Gasteiger partial charge in [0.25, 0.3) is 5.69 Å². The Kier molecular flexibility index (Phi) is 4.65. The van der Waals surface area contributed by atoms with Crippen LogP contribution < -0.4 is 5.32 Å². The van der Waals surface area contributed by atoms with Gasteiger partial charge in [-0.3, -0.25) is 15.1 Å². The minimum atomic E-state index is -0.404. The molecule has 2 aromatic rings. The molecular formula is C18H19N3O4. The molecule has 1 aliphatic rings. The van der Waals surface area contributed by atoms with Crippen LogP contribution in [0.15, 0.2) is 30.3 Å². The summed E-state index contributed by atoms with van der Waals surface area (Å²) >= 11 is 0. The zero-order valence-electron chi connectivity index (χ0n) is 14.1. The normalized spacial score (nSPS) is 13.4. The molecule has 0 amide bonds. The molecule has 0 spiro atoms. The zero-order chi connectivity index (χ0) is 18.0. The van der Waals surface area contributed by atoms with Crippen molar-refractivity contribution in [1.29, 1.82) is 0 Å². The fourth-order valence-corrected chi connectivity index (χ4v) is 2.69. The number of methoxy groups -OCH3 is 1. The summed E-state index contributed by atoms with van der Waals surface area (Å²) in [7, 11) is 1.35. The van der Waals surface area contributed by atoms with Crippen molar-refractivity contribution in [2.24, 2.45) is 0 Å². The van der Waals surface area contributed by atoms with Crippen molar-refractivity contribution in [2.75, 3.05) is 12.4 Å². The molecule has 7 nitrogen and oxygen atoms in total. The number of pyridine rings is 1. The maximum absolute atomic E-state index is 11.9. The Hall–Kier alpha value is -2.96. The van der Waals surface area contributed by atoms with E-state index >= 15 is 0 Å². The van der Waals surface area contributed by atoms with E-state index in [1.54, 1.807) is 18.2 Å². The number of anilines is 1. The third kappa shape index (κ3) is 3.76. The first-order valence-electron chi connectivity index (χ1n) is 8.06. The topological polar surface area (TPSA) is 94.4 Å². The number of benzene rings is 1. The highest BCUT2D eigenvalue weighted by Gasteiger charge is 2.30. The molecule has 1 aliphatic carbocycles. The number of esters is 1. The van der Waals surface area contributed by atoms with E-state index in [4.69, 9.17) is 4.74 Å². The van der Waals surface area contributed by atoms with Gasteiger partial charge in [-0.1, -0.05) is 6.07 Å². The van der Waals surface area contributed by atoms with Crippen LogP contribution in [-0.4, -0.2) is 23.0 Å². The summed E-state index contributed by atoms with van der Waals surface area (Å²) in [5, 5.41) is 14.3. The predicted molar refractivity (Wildman–Crippen MR) is 92.7 cm³/mol. The van der Waals surface area contributed by atoms with Gasteiger partial charge in [0.1, 0.15) is 5.69 Å². The quantitative estimate of drug-likeness (QED) is 0.490. The summed E-state index contributed by atoms with van der Waals surface area (Å²) in [6, 6.07) is 8.50. The van der Waals surface area contributed by atoms with Gasteiger partial charge in [0.15, 0.2) is 0 Å². The van der Waals surface area contributed by atoms with E-state index in [1.807, 2.05) is 13.0 Å². The molecule has 0 radical (unpaired) electrons. The molecule has 0 unspecified atom stereocenters. The molecule has 1 fully saturated rings. The predicted octanol–water partition coefficient (Wildman–Crippen LogP) is 3.57. The van der Waals surface area contributed by atoms with Crippen LogP contribution in [-0.2, 0) is 11.3 Å². The van der Waals surface area contributed by atoms with E-state index in [-0.39, 0.29) is 11.7 Å². The molecular weight excluding hydrogens is 322 g/mol. The molecule has 1 N–H and O–H groups in total. The number of hydrogen-bond acceptors (Lipinski definition) is 6. The number of nitrogens with one attached hydrogen (secondary N) is 1. The van der Waals surface area contributed by atoms with Crippen LogP contribution >= 0.6 is 0 Å². The standard InChI is InChI=1S/C18H19N3O4/c1-11-3-8-15(16(9-11)21(23)24)19-10-13-6-7-14(18(22)25-2)17(20-13)12-4-5-12/h3,6-9,12,19H,4-5,10H2,1-2H3. The van der Waals surface area contributed by atoms with Gasteiger partial charge in [-0.2, -0.15) is 0 Å². The number of rotatable bonds is 6. The molecule has 1 saturated carbocycles. The molecule has 1 aromatic heterocycles. The fraction of sp³-hybridized carbons (Fsp3) is 0.333. The van der Waals surface area contributed by atoms with Gasteiger partial charge in [0, 0.05) is 12.0 Å². The molecule has 3 rings (SSSR count). The maximum atomic E-state index is 11.9. The molecule has 1 aromatic carbocycles. The molecule has 0 bridgehead atoms. The molecule has 25 heavy (non-hydrogen) atoms. The highest BCUT2D eigenvalue weighted by molar-refractivity contribution is 5.90. The average Bonchev–Trinajstić information content (AvgIpc) is 3.44. The Morgan fingerprint density at radius 2 is 2.12 bits per heavy atom. The summed E-state index contributed by atoms with van der Waals surface area (Å²) in [4.78, 5) is 27.2. The molecule has 7 heteroatoms. The van der Waals surface area contributed by atoms with E-state index in [9.17, 15) is 14.9 Å². The maximum Gasteiger partial charge on any atom is 0.339 e. The molecule has 0 atom stereocenters. The van der Waals surface area contributed by atoms with Gasteiger partial charge in [0.2, 0.25) is 0 Å². The third-order valence-corrected chi connectivity index (χ3v) is 4.16. The molecule has 0 saturated heterocycles. The Morgan fingerprint density at radius 3 is 2.76 bits per heavy atom. The number of carbonyl (C=O) groups excluding carboxylic acids is 1. The van der Waals surface area contributed by atoms with Gasteiger partial charge in [-0.25, -0.2) is 4.79 Å². The largest absolute Gasteiger partial charge is 0.465 e. The Bertz CT molecular complexity index is 831. The molecule has 130 valence electrons. The Balaban J connectivity index is 1.81. The number of nitro benzene ring substituents is 1. The average molecular weight is 341 g/mol. The van der Waals surface area contributed by atoms with Crippen LogP contribution in [0.2, 0.25) is 0 Å². The van der Waals surface area contributed by atoms with Crippen LogP contribution in [0.4, 0.5) is 11.4 Å². The number of nitro groups is 1. The van der Waals surface area contributed by atoms with E-state index in [0.717, 1.165) is 29.8 Å². The minimum absolute atomic E-state index is 0.0357. The van der Waals surface area contributed by atoms with Crippen molar-refractivity contribution in [3.05, 3.63) is 63.0 Å². The van der Waals surface area contributed by atoms with Crippen molar-refractivity contribution in [1.82, 2.24) is 4.98 Å². The van der Waals surface area contributed by atoms with E-state index in [0.29, 0.717) is 23.7 Å². The zero-order valence-corrected chi connectivity index (χ0v) is 14.1. The van der Waals surface area contributed by atoms with E-state index < -0.39 is 4.92 Å². The summed E-state index contributed by atoms with van der Waals surface area (Å²) in [6.07, 6.45) is 2.02. The van der Waals surface area contributed by atoms with Crippen molar-refractivity contribution < 1.29 is 14.5 Å². The third-order valence-electron chi connectivity index (χ3n) is 4.16. The number of nitrogens with zero attached hydrogens (tertiary/aromatic N) is 2. The fourth-order valence-electron chi connectivity index (χ4n) is 2.69. The number of aryl methyl sites for hydroxylation is 1. The van der Waals surface area contributed by atoms with Crippen LogP contribution in [0.1, 0.15) is 46.1 Å². The van der Waals surface area contributed by atoms with Crippen molar-refractivity contribution >= 4 is 17.3 Å². The second-order valence-electron chi connectivity index (χ2n) is 6.13. The second-order valence-corrected chi connectivity index (χ2v) is 6.13. The van der Waals surface area contributed by atoms with Gasteiger partial charge in [-0.05, 0) is 43.5 Å². The first kappa shape index (κ1) is 16.9. The van der Waals surface area contributed by atoms with Crippen molar-refractivity contribution in [3.63, 3.8) is 0 Å². The molecule has 1 heterocycles. The highest BCUT2D eigenvalue weighted by atomic mass is 16.6. The lowest BCUT2D eigenvalue weighted by molar-refractivity contribution is -0.384. The SMILES string of the molecule is COC(=O)c1ccc(CNc2ccc(C)cc2[N+](=O)[O-])nc1C1CC1. The lowest BCUT2D eigenvalue weighted by Gasteiger charge is -2.11. The summed E-state index contributed by atoms with van der Waals surface area (Å²) < 4.78 is 4.81. The van der Waals surface area contributed by atoms with E-state index in [2.05, 4.69) is 10.3 Å². The van der Waals surface area contributed by atoms with Crippen LogP contribution in [0.5, 0.6) is 0 Å². The minimum Gasteiger partial charge on any atom is -0.465 e. The number of aromatic nitrogens is 1. The van der Waals surface area contributed by atoms with Crippen LogP contribution in [0.25, 0.3) is 0 Å². The smallest absolute Gasteiger partial charge is 0.339 e. The molecule has 0 aliphatic heterocycles. The number of ether oxygens (including phenoxy) is 1. The Morgan fingerprint density at radius 1 is 1.36 bits per heavy atom. The van der Waals surface area contributed by atoms with Crippen LogP contribution in [0, 0.1) is 17.0 Å². The van der Waals surface area contributed by atoms with Gasteiger partial charge >= 0.3 is 5.97 Å². The first-order valence-corrected chi connectivity index (χ1v) is 8.06. The highest BCUT2D eigenvalue weighted by Crippen LogP contribution is 2.40.